The molecule has 3 nitrogen and oxygen atoms in total. The highest BCUT2D eigenvalue weighted by atomic mass is 32.1. The molecular formula is C11H19N3S. The predicted octanol–water partition coefficient (Wildman–Crippen LogP) is 1.71. The molecule has 1 unspecified atom stereocenters. The molecule has 0 aliphatic carbocycles. The molecule has 0 spiro atoms. The predicted molar refractivity (Wildman–Crippen MR) is 64.0 cm³/mol. The van der Waals surface area contributed by atoms with E-state index in [2.05, 4.69) is 25.8 Å². The zero-order valence-electron chi connectivity index (χ0n) is 9.71. The first-order valence-electron chi connectivity index (χ1n) is 5.49. The van der Waals surface area contributed by atoms with Gasteiger partial charge in [0.15, 0.2) is 0 Å². The maximum atomic E-state index is 6.22. The zero-order valence-corrected chi connectivity index (χ0v) is 10.5. The SMILES string of the molecule is CCC(C)(N)c1nc2c(s1)CN(C)CC2. The summed E-state index contributed by atoms with van der Waals surface area (Å²) in [6.45, 7) is 6.34. The molecule has 0 bridgehead atoms. The monoisotopic (exact) mass is 225 g/mol. The molecule has 0 saturated heterocycles. The lowest BCUT2D eigenvalue weighted by molar-refractivity contribution is 0.314. The number of nitrogens with zero attached hydrogens (tertiary/aromatic N) is 2. The molecule has 1 atom stereocenters. The van der Waals surface area contributed by atoms with E-state index >= 15 is 0 Å². The van der Waals surface area contributed by atoms with E-state index in [1.54, 1.807) is 11.3 Å². The molecule has 0 aromatic carbocycles. The minimum atomic E-state index is -0.249. The van der Waals surface area contributed by atoms with Crippen molar-refractivity contribution in [1.29, 1.82) is 0 Å². The Morgan fingerprint density at radius 1 is 1.60 bits per heavy atom. The Labute approximate surface area is 95.3 Å². The van der Waals surface area contributed by atoms with Gasteiger partial charge in [-0.3, -0.25) is 0 Å². The summed E-state index contributed by atoms with van der Waals surface area (Å²) in [6.07, 6.45) is 2.01. The fourth-order valence-corrected chi connectivity index (χ4v) is 3.04. The molecule has 0 amide bonds. The second-order valence-corrected chi connectivity index (χ2v) is 5.73. The Morgan fingerprint density at radius 2 is 2.33 bits per heavy atom. The van der Waals surface area contributed by atoms with Gasteiger partial charge in [-0.25, -0.2) is 4.98 Å². The highest BCUT2D eigenvalue weighted by Gasteiger charge is 2.26. The van der Waals surface area contributed by atoms with Gasteiger partial charge in [0, 0.05) is 24.4 Å². The number of likely N-dealkylation sites (N-methyl/N-ethyl adjacent to an activating group) is 1. The Hall–Kier alpha value is -0.450. The fourth-order valence-electron chi connectivity index (χ4n) is 1.72. The van der Waals surface area contributed by atoms with Crippen LogP contribution in [0.25, 0.3) is 0 Å². The summed E-state index contributed by atoms with van der Waals surface area (Å²) in [5.41, 5.74) is 7.25. The maximum absolute atomic E-state index is 6.22. The first-order valence-corrected chi connectivity index (χ1v) is 6.31. The van der Waals surface area contributed by atoms with Gasteiger partial charge in [-0.15, -0.1) is 11.3 Å². The highest BCUT2D eigenvalue weighted by molar-refractivity contribution is 7.11. The minimum absolute atomic E-state index is 0.249. The number of nitrogens with two attached hydrogens (primary N) is 1. The van der Waals surface area contributed by atoms with Crippen molar-refractivity contribution in [1.82, 2.24) is 9.88 Å². The van der Waals surface area contributed by atoms with Gasteiger partial charge in [-0.1, -0.05) is 6.92 Å². The zero-order chi connectivity index (χ0) is 11.1. The molecule has 4 heteroatoms. The third kappa shape index (κ3) is 2.07. The Balaban J connectivity index is 2.30. The minimum Gasteiger partial charge on any atom is -0.320 e. The van der Waals surface area contributed by atoms with Gasteiger partial charge in [0.1, 0.15) is 5.01 Å². The summed E-state index contributed by atoms with van der Waals surface area (Å²) in [5.74, 6) is 0. The van der Waals surface area contributed by atoms with Gasteiger partial charge in [0.25, 0.3) is 0 Å². The van der Waals surface area contributed by atoms with E-state index in [0.717, 1.165) is 30.9 Å². The third-order valence-electron chi connectivity index (χ3n) is 3.15. The molecule has 0 radical (unpaired) electrons. The van der Waals surface area contributed by atoms with Gasteiger partial charge < -0.3 is 10.6 Å². The van der Waals surface area contributed by atoms with E-state index in [9.17, 15) is 0 Å². The number of rotatable bonds is 2. The van der Waals surface area contributed by atoms with E-state index < -0.39 is 0 Å². The van der Waals surface area contributed by atoms with Crippen LogP contribution in [-0.4, -0.2) is 23.5 Å². The van der Waals surface area contributed by atoms with Crippen molar-refractivity contribution < 1.29 is 0 Å². The summed E-state index contributed by atoms with van der Waals surface area (Å²) in [5, 5.41) is 1.10. The van der Waals surface area contributed by atoms with Crippen molar-refractivity contribution in [2.45, 2.75) is 38.8 Å². The van der Waals surface area contributed by atoms with Crippen LogP contribution in [0.2, 0.25) is 0 Å². The van der Waals surface area contributed by atoms with E-state index in [4.69, 9.17) is 10.7 Å². The van der Waals surface area contributed by atoms with Gasteiger partial charge in [-0.2, -0.15) is 0 Å². The van der Waals surface area contributed by atoms with Crippen LogP contribution in [0.3, 0.4) is 0 Å². The lowest BCUT2D eigenvalue weighted by Gasteiger charge is -2.20. The quantitative estimate of drug-likeness (QED) is 0.833. The van der Waals surface area contributed by atoms with Gasteiger partial charge in [-0.05, 0) is 20.4 Å². The number of thiazole rings is 1. The van der Waals surface area contributed by atoms with Crippen LogP contribution in [0.1, 0.15) is 35.8 Å². The number of hydrogen-bond donors (Lipinski definition) is 1. The topological polar surface area (TPSA) is 42.1 Å². The van der Waals surface area contributed by atoms with E-state index in [0.29, 0.717) is 0 Å². The van der Waals surface area contributed by atoms with E-state index in [-0.39, 0.29) is 5.54 Å². The average Bonchev–Trinajstić information content (AvgIpc) is 2.61. The second-order valence-electron chi connectivity index (χ2n) is 4.65. The van der Waals surface area contributed by atoms with Gasteiger partial charge in [0.05, 0.1) is 11.2 Å². The summed E-state index contributed by atoms with van der Waals surface area (Å²) in [7, 11) is 2.16. The molecule has 84 valence electrons. The fraction of sp³-hybridized carbons (Fsp3) is 0.727. The highest BCUT2D eigenvalue weighted by Crippen LogP contribution is 2.31. The van der Waals surface area contributed by atoms with Crippen molar-refractivity contribution in [2.75, 3.05) is 13.6 Å². The molecule has 0 saturated carbocycles. The lowest BCUT2D eigenvalue weighted by atomic mass is 10.0. The Morgan fingerprint density at radius 3 is 3.00 bits per heavy atom. The van der Waals surface area contributed by atoms with Gasteiger partial charge in [0.2, 0.25) is 0 Å². The molecule has 1 aliphatic rings. The summed E-state index contributed by atoms with van der Waals surface area (Å²) >= 11 is 1.79. The average molecular weight is 225 g/mol. The smallest absolute Gasteiger partial charge is 0.113 e. The van der Waals surface area contributed by atoms with E-state index in [1.807, 2.05) is 0 Å². The first-order chi connectivity index (χ1) is 7.03. The molecule has 0 fully saturated rings. The molecular weight excluding hydrogens is 206 g/mol. The van der Waals surface area contributed by atoms with Crippen LogP contribution < -0.4 is 5.73 Å². The number of aromatic nitrogens is 1. The van der Waals surface area contributed by atoms with Crippen molar-refractivity contribution >= 4 is 11.3 Å². The maximum Gasteiger partial charge on any atom is 0.113 e. The van der Waals surface area contributed by atoms with Crippen molar-refractivity contribution in [3.63, 3.8) is 0 Å². The molecule has 1 aromatic rings. The molecule has 2 rings (SSSR count). The summed E-state index contributed by atoms with van der Waals surface area (Å²) in [4.78, 5) is 8.44. The first kappa shape index (κ1) is 11.0. The number of fused-ring (bicyclic) bond motifs is 1. The Bertz CT molecular complexity index is 357. The van der Waals surface area contributed by atoms with Gasteiger partial charge >= 0.3 is 0 Å². The molecule has 1 aliphatic heterocycles. The molecule has 15 heavy (non-hydrogen) atoms. The van der Waals surface area contributed by atoms with Crippen LogP contribution in [0.15, 0.2) is 0 Å². The van der Waals surface area contributed by atoms with Crippen molar-refractivity contribution in [3.05, 3.63) is 15.6 Å². The van der Waals surface area contributed by atoms with Crippen LogP contribution in [-0.2, 0) is 18.5 Å². The van der Waals surface area contributed by atoms with Crippen molar-refractivity contribution in [3.8, 4) is 0 Å². The normalized spacial score (nSPS) is 21.1. The lowest BCUT2D eigenvalue weighted by Crippen LogP contribution is -2.31. The standard InChI is InChI=1S/C11H19N3S/c1-4-11(2,12)10-13-8-5-6-14(3)7-9(8)15-10/h4-7,12H2,1-3H3. The molecule has 1 aromatic heterocycles. The number of hydrogen-bond acceptors (Lipinski definition) is 4. The van der Waals surface area contributed by atoms with E-state index in [1.165, 1.54) is 10.6 Å². The summed E-state index contributed by atoms with van der Waals surface area (Å²) in [6, 6.07) is 0. The van der Waals surface area contributed by atoms with Crippen LogP contribution >= 0.6 is 11.3 Å². The van der Waals surface area contributed by atoms with Crippen LogP contribution in [0.4, 0.5) is 0 Å². The Kier molecular flexibility index (Phi) is 2.83. The van der Waals surface area contributed by atoms with Crippen LogP contribution in [0.5, 0.6) is 0 Å². The summed E-state index contributed by atoms with van der Waals surface area (Å²) < 4.78 is 0. The molecule has 2 heterocycles. The second kappa shape index (κ2) is 3.85. The van der Waals surface area contributed by atoms with Crippen molar-refractivity contribution in [2.24, 2.45) is 5.73 Å². The van der Waals surface area contributed by atoms with Crippen LogP contribution in [0, 0.1) is 0 Å². The molecule has 2 N–H and O–H groups in total. The third-order valence-corrected chi connectivity index (χ3v) is 4.51. The largest absolute Gasteiger partial charge is 0.320 e.